The summed E-state index contributed by atoms with van der Waals surface area (Å²) in [6.07, 6.45) is 0.873. The number of para-hydroxylation sites is 1. The van der Waals surface area contributed by atoms with Gasteiger partial charge in [0.15, 0.2) is 0 Å². The Labute approximate surface area is 111 Å². The fraction of sp³-hybridized carbons (Fsp3) is 0.429. The molecule has 0 bridgehead atoms. The first-order valence-corrected chi connectivity index (χ1v) is 6.21. The SMILES string of the molecule is COc1cccc2c1N(C(C)=O)CCC(C(=O)O)C2. The van der Waals surface area contributed by atoms with Crippen LogP contribution in [0.5, 0.6) is 5.75 Å². The molecule has 1 aliphatic heterocycles. The maximum Gasteiger partial charge on any atom is 0.306 e. The number of hydrogen-bond acceptors (Lipinski definition) is 3. The number of benzene rings is 1. The second kappa shape index (κ2) is 5.30. The highest BCUT2D eigenvalue weighted by molar-refractivity contribution is 5.94. The second-order valence-corrected chi connectivity index (χ2v) is 4.67. The molecule has 0 radical (unpaired) electrons. The zero-order valence-electron chi connectivity index (χ0n) is 11.0. The van der Waals surface area contributed by atoms with Gasteiger partial charge in [-0.15, -0.1) is 0 Å². The number of fused-ring (bicyclic) bond motifs is 1. The standard InChI is InChI=1S/C14H17NO4/c1-9(16)15-7-6-11(14(17)18)8-10-4-3-5-12(19-2)13(10)15/h3-5,11H,6-8H2,1-2H3,(H,17,18). The Balaban J connectivity index is 2.51. The van der Waals surface area contributed by atoms with Gasteiger partial charge in [0.05, 0.1) is 18.7 Å². The van der Waals surface area contributed by atoms with Gasteiger partial charge in [0.25, 0.3) is 0 Å². The number of methoxy groups -OCH3 is 1. The lowest BCUT2D eigenvalue weighted by molar-refractivity contribution is -0.141. The van der Waals surface area contributed by atoms with Crippen LogP contribution in [0.2, 0.25) is 0 Å². The van der Waals surface area contributed by atoms with Crippen molar-refractivity contribution >= 4 is 17.6 Å². The first kappa shape index (κ1) is 13.4. The zero-order valence-corrected chi connectivity index (χ0v) is 11.0. The van der Waals surface area contributed by atoms with Crippen LogP contribution in [0.3, 0.4) is 0 Å². The molecule has 19 heavy (non-hydrogen) atoms. The molecule has 0 aromatic heterocycles. The summed E-state index contributed by atoms with van der Waals surface area (Å²) in [7, 11) is 1.55. The van der Waals surface area contributed by atoms with Gasteiger partial charge in [0, 0.05) is 13.5 Å². The molecule has 0 fully saturated rings. The molecule has 0 saturated carbocycles. The molecule has 1 aromatic carbocycles. The maximum absolute atomic E-state index is 11.8. The highest BCUT2D eigenvalue weighted by atomic mass is 16.5. The smallest absolute Gasteiger partial charge is 0.306 e. The molecule has 0 saturated heterocycles. The van der Waals surface area contributed by atoms with Gasteiger partial charge in [0.1, 0.15) is 5.75 Å². The van der Waals surface area contributed by atoms with E-state index in [4.69, 9.17) is 4.74 Å². The lowest BCUT2D eigenvalue weighted by atomic mass is 9.97. The Morgan fingerprint density at radius 1 is 1.42 bits per heavy atom. The predicted octanol–water partition coefficient (Wildman–Crippen LogP) is 1.70. The van der Waals surface area contributed by atoms with Crippen LogP contribution in [0, 0.1) is 5.92 Å². The maximum atomic E-state index is 11.8. The van der Waals surface area contributed by atoms with Gasteiger partial charge < -0.3 is 14.7 Å². The number of nitrogens with zero attached hydrogens (tertiary/aromatic N) is 1. The summed E-state index contributed by atoms with van der Waals surface area (Å²) in [6, 6.07) is 5.46. The summed E-state index contributed by atoms with van der Waals surface area (Å²) in [5, 5.41) is 9.21. The van der Waals surface area contributed by atoms with Crippen LogP contribution in [0.15, 0.2) is 18.2 Å². The first-order valence-electron chi connectivity index (χ1n) is 6.21. The van der Waals surface area contributed by atoms with Crippen molar-refractivity contribution in [2.24, 2.45) is 5.92 Å². The van der Waals surface area contributed by atoms with E-state index in [0.717, 1.165) is 5.56 Å². The molecule has 1 heterocycles. The Morgan fingerprint density at radius 2 is 2.16 bits per heavy atom. The number of aliphatic carboxylic acids is 1. The van der Waals surface area contributed by atoms with Crippen molar-refractivity contribution in [2.45, 2.75) is 19.8 Å². The minimum Gasteiger partial charge on any atom is -0.495 e. The number of ether oxygens (including phenoxy) is 1. The quantitative estimate of drug-likeness (QED) is 0.881. The zero-order chi connectivity index (χ0) is 14.0. The van der Waals surface area contributed by atoms with Crippen LogP contribution < -0.4 is 9.64 Å². The van der Waals surface area contributed by atoms with E-state index < -0.39 is 11.9 Å². The third-order valence-corrected chi connectivity index (χ3v) is 3.47. The topological polar surface area (TPSA) is 66.8 Å². The number of rotatable bonds is 2. The summed E-state index contributed by atoms with van der Waals surface area (Å²) in [5.41, 5.74) is 1.56. The Hall–Kier alpha value is -2.04. The average Bonchev–Trinajstić information content (AvgIpc) is 2.57. The first-order chi connectivity index (χ1) is 9.04. The van der Waals surface area contributed by atoms with E-state index >= 15 is 0 Å². The fourth-order valence-corrected chi connectivity index (χ4v) is 2.49. The van der Waals surface area contributed by atoms with E-state index in [9.17, 15) is 14.7 Å². The number of carbonyl (C=O) groups excluding carboxylic acids is 1. The highest BCUT2D eigenvalue weighted by Crippen LogP contribution is 2.36. The van der Waals surface area contributed by atoms with Crippen LogP contribution in [-0.2, 0) is 16.0 Å². The number of amides is 1. The molecule has 1 aliphatic rings. The molecule has 0 spiro atoms. The number of carboxylic acids is 1. The van der Waals surface area contributed by atoms with Crippen LogP contribution in [0.4, 0.5) is 5.69 Å². The van der Waals surface area contributed by atoms with Crippen molar-refractivity contribution in [3.63, 3.8) is 0 Å². The highest BCUT2D eigenvalue weighted by Gasteiger charge is 2.29. The van der Waals surface area contributed by atoms with Gasteiger partial charge >= 0.3 is 5.97 Å². The van der Waals surface area contributed by atoms with Crippen LogP contribution in [0.25, 0.3) is 0 Å². The van der Waals surface area contributed by atoms with Crippen LogP contribution in [0.1, 0.15) is 18.9 Å². The molecule has 5 heteroatoms. The summed E-state index contributed by atoms with van der Waals surface area (Å²) >= 11 is 0. The van der Waals surface area contributed by atoms with Crippen molar-refractivity contribution in [2.75, 3.05) is 18.6 Å². The van der Waals surface area contributed by atoms with Crippen molar-refractivity contribution in [1.29, 1.82) is 0 Å². The summed E-state index contributed by atoms with van der Waals surface area (Å²) in [5.74, 6) is -0.773. The number of carboxylic acid groups (broad SMARTS) is 1. The predicted molar refractivity (Wildman–Crippen MR) is 70.5 cm³/mol. The number of hydrogen-bond donors (Lipinski definition) is 1. The van der Waals surface area contributed by atoms with E-state index in [1.165, 1.54) is 6.92 Å². The molecule has 102 valence electrons. The molecular formula is C14H17NO4. The summed E-state index contributed by atoms with van der Waals surface area (Å²) in [6.45, 7) is 1.89. The van der Waals surface area contributed by atoms with Gasteiger partial charge in [-0.25, -0.2) is 0 Å². The average molecular weight is 263 g/mol. The fourth-order valence-electron chi connectivity index (χ4n) is 2.49. The van der Waals surface area contributed by atoms with Crippen LogP contribution in [-0.4, -0.2) is 30.6 Å². The Morgan fingerprint density at radius 3 is 2.74 bits per heavy atom. The van der Waals surface area contributed by atoms with Crippen molar-refractivity contribution in [1.82, 2.24) is 0 Å². The minimum atomic E-state index is -0.820. The summed E-state index contributed by atoms with van der Waals surface area (Å²) < 4.78 is 5.30. The summed E-state index contributed by atoms with van der Waals surface area (Å²) in [4.78, 5) is 24.6. The lowest BCUT2D eigenvalue weighted by Gasteiger charge is -2.23. The molecule has 2 rings (SSSR count). The van der Waals surface area contributed by atoms with Gasteiger partial charge in [-0.3, -0.25) is 9.59 Å². The third-order valence-electron chi connectivity index (χ3n) is 3.47. The second-order valence-electron chi connectivity index (χ2n) is 4.67. The normalized spacial score (nSPS) is 18.4. The molecular weight excluding hydrogens is 246 g/mol. The molecule has 1 aromatic rings. The monoisotopic (exact) mass is 263 g/mol. The molecule has 1 unspecified atom stereocenters. The lowest BCUT2D eigenvalue weighted by Crippen LogP contribution is -2.30. The number of anilines is 1. The van der Waals surface area contributed by atoms with E-state index in [-0.39, 0.29) is 5.91 Å². The van der Waals surface area contributed by atoms with Gasteiger partial charge in [-0.1, -0.05) is 12.1 Å². The molecule has 1 amide bonds. The Bertz CT molecular complexity index is 512. The molecule has 1 N–H and O–H groups in total. The van der Waals surface area contributed by atoms with Gasteiger partial charge in [0.2, 0.25) is 5.91 Å². The van der Waals surface area contributed by atoms with Crippen molar-refractivity contribution in [3.8, 4) is 5.75 Å². The largest absolute Gasteiger partial charge is 0.495 e. The third kappa shape index (κ3) is 2.54. The van der Waals surface area contributed by atoms with E-state index in [1.807, 2.05) is 12.1 Å². The Kier molecular flexibility index (Phi) is 3.74. The van der Waals surface area contributed by atoms with Gasteiger partial charge in [-0.2, -0.15) is 0 Å². The molecule has 0 aliphatic carbocycles. The van der Waals surface area contributed by atoms with E-state index in [2.05, 4.69) is 0 Å². The minimum absolute atomic E-state index is 0.100. The molecule has 1 atom stereocenters. The van der Waals surface area contributed by atoms with E-state index in [0.29, 0.717) is 30.8 Å². The number of carbonyl (C=O) groups is 2. The molecule has 5 nitrogen and oxygen atoms in total. The van der Waals surface area contributed by atoms with Crippen molar-refractivity contribution < 1.29 is 19.4 Å². The van der Waals surface area contributed by atoms with E-state index in [1.54, 1.807) is 18.1 Å². The van der Waals surface area contributed by atoms with Gasteiger partial charge in [-0.05, 0) is 24.5 Å². The van der Waals surface area contributed by atoms with Crippen molar-refractivity contribution in [3.05, 3.63) is 23.8 Å². The van der Waals surface area contributed by atoms with Crippen LogP contribution >= 0.6 is 0 Å².